The predicted molar refractivity (Wildman–Crippen MR) is 125 cm³/mol. The molecule has 2 aromatic carbocycles. The van der Waals surface area contributed by atoms with Gasteiger partial charge in [-0.2, -0.15) is 9.78 Å². The monoisotopic (exact) mass is 435 g/mol. The summed E-state index contributed by atoms with van der Waals surface area (Å²) in [6, 6.07) is 14.1. The van der Waals surface area contributed by atoms with Crippen molar-refractivity contribution in [1.29, 1.82) is 0 Å². The summed E-state index contributed by atoms with van der Waals surface area (Å²) in [5, 5.41) is 8.43. The van der Waals surface area contributed by atoms with E-state index in [1.807, 2.05) is 6.07 Å². The van der Waals surface area contributed by atoms with E-state index >= 15 is 0 Å². The summed E-state index contributed by atoms with van der Waals surface area (Å²) in [6.45, 7) is 5.79. The fraction of sp³-hybridized carbons (Fsp3) is 0.375. The molecule has 32 heavy (non-hydrogen) atoms. The molecule has 0 spiro atoms. The molecule has 1 fully saturated rings. The number of ether oxygens (including phenoxy) is 1. The molecular weight excluding hydrogens is 406 g/mol. The van der Waals surface area contributed by atoms with E-state index in [0.717, 1.165) is 39.1 Å². The van der Waals surface area contributed by atoms with Gasteiger partial charge in [0.15, 0.2) is 5.69 Å². The van der Waals surface area contributed by atoms with Crippen LogP contribution in [0.4, 0.5) is 0 Å². The molecule has 4 rings (SSSR count). The van der Waals surface area contributed by atoms with E-state index in [4.69, 9.17) is 4.74 Å². The third-order valence-electron chi connectivity index (χ3n) is 5.87. The minimum atomic E-state index is -0.276. The van der Waals surface area contributed by atoms with Gasteiger partial charge in [0.25, 0.3) is 11.5 Å². The number of hydrogen-bond donors (Lipinski definition) is 1. The van der Waals surface area contributed by atoms with Gasteiger partial charge in [-0.3, -0.25) is 9.59 Å². The highest BCUT2D eigenvalue weighted by Gasteiger charge is 2.18. The van der Waals surface area contributed by atoms with Crippen LogP contribution < -0.4 is 15.6 Å². The SMILES string of the molecule is COc1ccc(-n2nc(C(=O)NCCCN3CCN(C)CC3)c3ccccc3c2=O)cc1. The maximum absolute atomic E-state index is 13.0. The van der Waals surface area contributed by atoms with E-state index in [1.54, 1.807) is 49.6 Å². The fourth-order valence-corrected chi connectivity index (χ4v) is 3.92. The standard InChI is InChI=1S/C24H29N5O3/c1-27-14-16-28(17-15-27)13-5-12-25-23(30)22-20-6-3-4-7-21(20)24(31)29(26-22)18-8-10-19(32-2)11-9-18/h3-4,6-11H,5,12-17H2,1-2H3,(H,25,30). The van der Waals surface area contributed by atoms with Gasteiger partial charge < -0.3 is 19.9 Å². The molecule has 8 heteroatoms. The molecule has 1 N–H and O–H groups in total. The van der Waals surface area contributed by atoms with Gasteiger partial charge in [0, 0.05) is 38.1 Å². The molecule has 1 aliphatic heterocycles. The van der Waals surface area contributed by atoms with Crippen molar-refractivity contribution in [2.24, 2.45) is 0 Å². The summed E-state index contributed by atoms with van der Waals surface area (Å²) in [7, 11) is 3.72. The molecule has 168 valence electrons. The molecule has 0 saturated carbocycles. The number of carbonyl (C=O) groups excluding carboxylic acids is 1. The Morgan fingerprint density at radius 3 is 2.41 bits per heavy atom. The molecule has 0 bridgehead atoms. The number of aromatic nitrogens is 2. The van der Waals surface area contributed by atoms with Crippen molar-refractivity contribution in [2.45, 2.75) is 6.42 Å². The molecule has 0 unspecified atom stereocenters. The average Bonchev–Trinajstić information content (AvgIpc) is 2.83. The summed E-state index contributed by atoms with van der Waals surface area (Å²) in [5.74, 6) is 0.405. The van der Waals surface area contributed by atoms with Crippen LogP contribution in [-0.2, 0) is 0 Å². The van der Waals surface area contributed by atoms with Gasteiger partial charge in [-0.15, -0.1) is 0 Å². The number of fused-ring (bicyclic) bond motifs is 1. The second kappa shape index (κ2) is 9.93. The smallest absolute Gasteiger partial charge is 0.279 e. The maximum atomic E-state index is 13.0. The highest BCUT2D eigenvalue weighted by atomic mass is 16.5. The van der Waals surface area contributed by atoms with Crippen LogP contribution in [0.15, 0.2) is 53.3 Å². The summed E-state index contributed by atoms with van der Waals surface area (Å²) < 4.78 is 6.47. The Balaban J connectivity index is 1.52. The zero-order valence-electron chi connectivity index (χ0n) is 18.6. The molecule has 0 radical (unpaired) electrons. The zero-order chi connectivity index (χ0) is 22.5. The first-order valence-electron chi connectivity index (χ1n) is 10.9. The van der Waals surface area contributed by atoms with Crippen LogP contribution in [-0.4, -0.2) is 78.9 Å². The first-order valence-corrected chi connectivity index (χ1v) is 10.9. The summed E-state index contributed by atoms with van der Waals surface area (Å²) in [5.41, 5.74) is 0.554. The molecule has 1 aliphatic rings. The van der Waals surface area contributed by atoms with Crippen molar-refractivity contribution in [3.63, 3.8) is 0 Å². The summed E-state index contributed by atoms with van der Waals surface area (Å²) in [6.07, 6.45) is 0.867. The molecule has 1 aromatic heterocycles. The third-order valence-corrected chi connectivity index (χ3v) is 5.87. The fourth-order valence-electron chi connectivity index (χ4n) is 3.92. The molecule has 8 nitrogen and oxygen atoms in total. The molecule has 3 aromatic rings. The maximum Gasteiger partial charge on any atom is 0.279 e. The van der Waals surface area contributed by atoms with Crippen LogP contribution in [0, 0.1) is 0 Å². The molecule has 0 atom stereocenters. The van der Waals surface area contributed by atoms with Gasteiger partial charge in [-0.1, -0.05) is 18.2 Å². The highest BCUT2D eigenvalue weighted by molar-refractivity contribution is 6.04. The number of piperazine rings is 1. The third kappa shape index (κ3) is 4.81. The predicted octanol–water partition coefficient (Wildman–Crippen LogP) is 1.76. The van der Waals surface area contributed by atoms with Crippen LogP contribution in [0.5, 0.6) is 5.75 Å². The topological polar surface area (TPSA) is 79.7 Å². The lowest BCUT2D eigenvalue weighted by Gasteiger charge is -2.32. The van der Waals surface area contributed by atoms with Crippen LogP contribution >= 0.6 is 0 Å². The first-order chi connectivity index (χ1) is 15.6. The van der Waals surface area contributed by atoms with Gasteiger partial charge in [-0.05, 0) is 50.3 Å². The number of benzene rings is 2. The summed E-state index contributed by atoms with van der Waals surface area (Å²) in [4.78, 5) is 30.8. The number of hydrogen-bond acceptors (Lipinski definition) is 6. The molecule has 0 aliphatic carbocycles. The van der Waals surface area contributed by atoms with Crippen molar-refractivity contribution >= 4 is 16.7 Å². The van der Waals surface area contributed by atoms with Crippen molar-refractivity contribution in [3.05, 3.63) is 64.6 Å². The number of methoxy groups -OCH3 is 1. The summed E-state index contributed by atoms with van der Waals surface area (Å²) >= 11 is 0. The lowest BCUT2D eigenvalue weighted by molar-refractivity contribution is 0.0944. The van der Waals surface area contributed by atoms with Crippen molar-refractivity contribution in [2.75, 3.05) is 53.4 Å². The molecular formula is C24H29N5O3. The molecule has 2 heterocycles. The van der Waals surface area contributed by atoms with Gasteiger partial charge in [0.05, 0.1) is 18.2 Å². The normalized spacial score (nSPS) is 15.1. The number of carbonyl (C=O) groups is 1. The van der Waals surface area contributed by atoms with Crippen LogP contribution in [0.3, 0.4) is 0 Å². The van der Waals surface area contributed by atoms with Gasteiger partial charge in [-0.25, -0.2) is 0 Å². The minimum Gasteiger partial charge on any atom is -0.497 e. The Morgan fingerprint density at radius 2 is 1.72 bits per heavy atom. The Kier molecular flexibility index (Phi) is 6.82. The van der Waals surface area contributed by atoms with E-state index in [-0.39, 0.29) is 17.2 Å². The van der Waals surface area contributed by atoms with Crippen LogP contribution in [0.25, 0.3) is 16.5 Å². The zero-order valence-corrected chi connectivity index (χ0v) is 18.6. The lowest BCUT2D eigenvalue weighted by Crippen LogP contribution is -2.45. The largest absolute Gasteiger partial charge is 0.497 e. The van der Waals surface area contributed by atoms with Gasteiger partial charge in [0.1, 0.15) is 5.75 Å². The Morgan fingerprint density at radius 1 is 1.03 bits per heavy atom. The minimum absolute atomic E-state index is 0.246. The van der Waals surface area contributed by atoms with Crippen LogP contribution in [0.2, 0.25) is 0 Å². The number of nitrogens with one attached hydrogen (secondary N) is 1. The second-order valence-electron chi connectivity index (χ2n) is 8.06. The number of amides is 1. The Hall–Kier alpha value is -3.23. The number of likely N-dealkylation sites (N-methyl/N-ethyl adjacent to an activating group) is 1. The van der Waals surface area contributed by atoms with E-state index in [0.29, 0.717) is 28.8 Å². The highest BCUT2D eigenvalue weighted by Crippen LogP contribution is 2.17. The lowest BCUT2D eigenvalue weighted by atomic mass is 10.1. The molecule has 1 saturated heterocycles. The number of nitrogens with zero attached hydrogens (tertiary/aromatic N) is 4. The van der Waals surface area contributed by atoms with Crippen molar-refractivity contribution in [1.82, 2.24) is 24.9 Å². The van der Waals surface area contributed by atoms with E-state index in [1.165, 1.54) is 4.68 Å². The van der Waals surface area contributed by atoms with Gasteiger partial charge in [0.2, 0.25) is 0 Å². The van der Waals surface area contributed by atoms with E-state index in [9.17, 15) is 9.59 Å². The first kappa shape index (κ1) is 22.0. The van der Waals surface area contributed by atoms with E-state index < -0.39 is 0 Å². The van der Waals surface area contributed by atoms with E-state index in [2.05, 4.69) is 27.3 Å². The Labute approximate surface area is 187 Å². The molecule has 1 amide bonds. The van der Waals surface area contributed by atoms with Crippen molar-refractivity contribution in [3.8, 4) is 11.4 Å². The Bertz CT molecular complexity index is 1130. The van der Waals surface area contributed by atoms with Gasteiger partial charge >= 0.3 is 0 Å². The second-order valence-corrected chi connectivity index (χ2v) is 8.06. The quantitative estimate of drug-likeness (QED) is 0.570. The van der Waals surface area contributed by atoms with Crippen molar-refractivity contribution < 1.29 is 9.53 Å². The average molecular weight is 436 g/mol. The van der Waals surface area contributed by atoms with Crippen LogP contribution in [0.1, 0.15) is 16.9 Å². The number of rotatable bonds is 7.